The highest BCUT2D eigenvalue weighted by molar-refractivity contribution is 5.89. The molecule has 1 saturated heterocycles. The van der Waals surface area contributed by atoms with Crippen molar-refractivity contribution >= 4 is 11.7 Å². The van der Waals surface area contributed by atoms with E-state index >= 15 is 0 Å². The van der Waals surface area contributed by atoms with E-state index in [2.05, 4.69) is 27.3 Å². The Kier molecular flexibility index (Phi) is 4.65. The quantitative estimate of drug-likeness (QED) is 0.881. The molecule has 5 heteroatoms. The van der Waals surface area contributed by atoms with Crippen LogP contribution < -0.4 is 5.32 Å². The van der Waals surface area contributed by atoms with Gasteiger partial charge in [-0.2, -0.15) is 0 Å². The predicted octanol–water partition coefficient (Wildman–Crippen LogP) is 3.21. The van der Waals surface area contributed by atoms with Gasteiger partial charge in [-0.05, 0) is 48.6 Å². The van der Waals surface area contributed by atoms with E-state index in [9.17, 15) is 4.79 Å². The van der Waals surface area contributed by atoms with E-state index in [0.29, 0.717) is 6.04 Å². The molecule has 5 nitrogen and oxygen atoms in total. The number of nitrogens with zero attached hydrogens (tertiary/aromatic N) is 3. The predicted molar refractivity (Wildman–Crippen MR) is 98.2 cm³/mol. The number of benzene rings is 1. The maximum Gasteiger partial charge on any atom is 0.321 e. The summed E-state index contributed by atoms with van der Waals surface area (Å²) >= 11 is 0. The van der Waals surface area contributed by atoms with Gasteiger partial charge >= 0.3 is 6.03 Å². The standard InChI is InChI=1S/C20H24N4O/c25-20(22-18-4-2-1-3-5-18)24-14-19(15-24)23(12-16-6-7-16)13-17-8-10-21-11-9-17/h1-5,8-11,16,19H,6-7,12-15H2,(H,22,25). The van der Waals surface area contributed by atoms with Gasteiger partial charge in [-0.1, -0.05) is 18.2 Å². The van der Waals surface area contributed by atoms with Gasteiger partial charge in [0.15, 0.2) is 0 Å². The molecule has 0 radical (unpaired) electrons. The molecule has 1 aromatic carbocycles. The van der Waals surface area contributed by atoms with Crippen molar-refractivity contribution in [2.75, 3.05) is 25.0 Å². The Morgan fingerprint density at radius 3 is 2.52 bits per heavy atom. The normalized spacial score (nSPS) is 17.4. The van der Waals surface area contributed by atoms with Crippen LogP contribution in [0.4, 0.5) is 10.5 Å². The number of para-hydroxylation sites is 1. The molecule has 1 N–H and O–H groups in total. The molecule has 1 saturated carbocycles. The Hall–Kier alpha value is -2.40. The smallest absolute Gasteiger partial charge is 0.321 e. The number of rotatable bonds is 6. The van der Waals surface area contributed by atoms with Gasteiger partial charge in [-0.25, -0.2) is 4.79 Å². The molecule has 2 amide bonds. The van der Waals surface area contributed by atoms with Crippen LogP contribution in [0.5, 0.6) is 0 Å². The molecule has 2 fully saturated rings. The molecule has 4 rings (SSSR count). The molecule has 1 aromatic heterocycles. The first-order valence-corrected chi connectivity index (χ1v) is 9.02. The number of aromatic nitrogens is 1. The summed E-state index contributed by atoms with van der Waals surface area (Å²) in [4.78, 5) is 20.9. The summed E-state index contributed by atoms with van der Waals surface area (Å²) in [5.74, 6) is 0.842. The number of hydrogen-bond acceptors (Lipinski definition) is 3. The summed E-state index contributed by atoms with van der Waals surface area (Å²) < 4.78 is 0. The number of nitrogens with one attached hydrogen (secondary N) is 1. The van der Waals surface area contributed by atoms with E-state index in [1.165, 1.54) is 18.4 Å². The molecule has 2 aliphatic rings. The third-order valence-corrected chi connectivity index (χ3v) is 5.02. The van der Waals surface area contributed by atoms with Crippen LogP contribution in [-0.2, 0) is 6.54 Å². The van der Waals surface area contributed by atoms with Crippen molar-refractivity contribution < 1.29 is 4.79 Å². The Balaban J connectivity index is 1.32. The molecule has 2 aromatic rings. The lowest BCUT2D eigenvalue weighted by atomic mass is 10.1. The third kappa shape index (κ3) is 4.17. The number of urea groups is 1. The van der Waals surface area contributed by atoms with Crippen LogP contribution in [0.25, 0.3) is 0 Å². The van der Waals surface area contributed by atoms with Crippen LogP contribution in [0.2, 0.25) is 0 Å². The molecule has 0 unspecified atom stereocenters. The molecule has 1 aliphatic carbocycles. The van der Waals surface area contributed by atoms with E-state index in [4.69, 9.17) is 0 Å². The Morgan fingerprint density at radius 2 is 1.84 bits per heavy atom. The zero-order chi connectivity index (χ0) is 17.1. The Bertz CT molecular complexity index is 696. The van der Waals surface area contributed by atoms with Crippen molar-refractivity contribution in [3.05, 3.63) is 60.4 Å². The molecule has 0 bridgehead atoms. The van der Waals surface area contributed by atoms with E-state index in [1.807, 2.05) is 47.6 Å². The molecular formula is C20H24N4O. The van der Waals surface area contributed by atoms with Crippen LogP contribution in [0.1, 0.15) is 18.4 Å². The third-order valence-electron chi connectivity index (χ3n) is 5.02. The minimum absolute atomic E-state index is 0.00210. The lowest BCUT2D eigenvalue weighted by Gasteiger charge is -2.45. The fraction of sp³-hybridized carbons (Fsp3) is 0.400. The van der Waals surface area contributed by atoms with E-state index in [-0.39, 0.29) is 6.03 Å². The highest BCUT2D eigenvalue weighted by Crippen LogP contribution is 2.32. The number of likely N-dealkylation sites (tertiary alicyclic amines) is 1. The first kappa shape index (κ1) is 16.1. The number of amides is 2. The summed E-state index contributed by atoms with van der Waals surface area (Å²) in [5, 5.41) is 2.97. The Morgan fingerprint density at radius 1 is 1.12 bits per heavy atom. The van der Waals surface area contributed by atoms with E-state index in [1.54, 1.807) is 0 Å². The van der Waals surface area contributed by atoms with Crippen molar-refractivity contribution in [1.29, 1.82) is 0 Å². The maximum atomic E-state index is 12.3. The van der Waals surface area contributed by atoms with Gasteiger partial charge in [-0.15, -0.1) is 0 Å². The van der Waals surface area contributed by atoms with Crippen LogP contribution >= 0.6 is 0 Å². The molecule has 1 aliphatic heterocycles. The van der Waals surface area contributed by atoms with Crippen LogP contribution in [-0.4, -0.2) is 46.5 Å². The monoisotopic (exact) mass is 336 g/mol. The van der Waals surface area contributed by atoms with Gasteiger partial charge in [0, 0.05) is 50.3 Å². The summed E-state index contributed by atoms with van der Waals surface area (Å²) in [6.45, 7) is 3.69. The molecule has 0 atom stereocenters. The number of hydrogen-bond donors (Lipinski definition) is 1. The van der Waals surface area contributed by atoms with E-state index < -0.39 is 0 Å². The highest BCUT2D eigenvalue weighted by Gasteiger charge is 2.37. The Labute approximate surface area is 148 Å². The summed E-state index contributed by atoms with van der Waals surface area (Å²) in [6, 6.07) is 14.3. The fourth-order valence-electron chi connectivity index (χ4n) is 3.27. The molecule has 25 heavy (non-hydrogen) atoms. The van der Waals surface area contributed by atoms with Gasteiger partial charge < -0.3 is 10.2 Å². The van der Waals surface area contributed by atoms with Gasteiger partial charge in [0.25, 0.3) is 0 Å². The van der Waals surface area contributed by atoms with Gasteiger partial charge in [0.2, 0.25) is 0 Å². The fourth-order valence-corrected chi connectivity index (χ4v) is 3.27. The molecule has 0 spiro atoms. The molecule has 2 heterocycles. The first-order chi connectivity index (χ1) is 12.3. The minimum Gasteiger partial charge on any atom is -0.321 e. The van der Waals surface area contributed by atoms with Crippen molar-refractivity contribution in [3.8, 4) is 0 Å². The first-order valence-electron chi connectivity index (χ1n) is 9.02. The average Bonchev–Trinajstić information content (AvgIpc) is 3.39. The largest absolute Gasteiger partial charge is 0.321 e. The lowest BCUT2D eigenvalue weighted by Crippen LogP contribution is -2.62. The molecule has 130 valence electrons. The summed E-state index contributed by atoms with van der Waals surface area (Å²) in [7, 11) is 0. The second kappa shape index (κ2) is 7.23. The lowest BCUT2D eigenvalue weighted by molar-refractivity contribution is 0.0530. The number of pyridine rings is 1. The minimum atomic E-state index is -0.00210. The topological polar surface area (TPSA) is 48.5 Å². The van der Waals surface area contributed by atoms with Crippen LogP contribution in [0.3, 0.4) is 0 Å². The van der Waals surface area contributed by atoms with Crippen molar-refractivity contribution in [1.82, 2.24) is 14.8 Å². The van der Waals surface area contributed by atoms with Crippen molar-refractivity contribution in [3.63, 3.8) is 0 Å². The average molecular weight is 336 g/mol. The van der Waals surface area contributed by atoms with E-state index in [0.717, 1.165) is 37.8 Å². The second-order valence-electron chi connectivity index (χ2n) is 7.08. The summed E-state index contributed by atoms with van der Waals surface area (Å²) in [6.07, 6.45) is 6.39. The number of anilines is 1. The zero-order valence-corrected chi connectivity index (χ0v) is 14.3. The number of carbonyl (C=O) groups excluding carboxylic acids is 1. The maximum absolute atomic E-state index is 12.3. The van der Waals surface area contributed by atoms with Crippen LogP contribution in [0.15, 0.2) is 54.9 Å². The number of carbonyl (C=O) groups is 1. The second-order valence-corrected chi connectivity index (χ2v) is 7.08. The van der Waals surface area contributed by atoms with Crippen molar-refractivity contribution in [2.24, 2.45) is 5.92 Å². The van der Waals surface area contributed by atoms with Crippen molar-refractivity contribution in [2.45, 2.75) is 25.4 Å². The van der Waals surface area contributed by atoms with Crippen LogP contribution in [0, 0.1) is 5.92 Å². The zero-order valence-electron chi connectivity index (χ0n) is 14.3. The van der Waals surface area contributed by atoms with Gasteiger partial charge in [-0.3, -0.25) is 9.88 Å². The van der Waals surface area contributed by atoms with Gasteiger partial charge in [0.05, 0.1) is 0 Å². The summed E-state index contributed by atoms with van der Waals surface area (Å²) in [5.41, 5.74) is 2.14. The van der Waals surface area contributed by atoms with Gasteiger partial charge in [0.1, 0.15) is 0 Å². The molecular weight excluding hydrogens is 312 g/mol. The highest BCUT2D eigenvalue weighted by atomic mass is 16.2. The SMILES string of the molecule is O=C(Nc1ccccc1)N1CC(N(Cc2ccncc2)CC2CC2)C1.